The molecule has 1 aromatic heterocycles. The molecule has 0 radical (unpaired) electrons. The molecule has 0 aliphatic rings. The van der Waals surface area contributed by atoms with Crippen LogP contribution in [0.25, 0.3) is 11.0 Å². The van der Waals surface area contributed by atoms with Gasteiger partial charge in [0.15, 0.2) is 5.58 Å². The molecule has 68 valence electrons. The van der Waals surface area contributed by atoms with E-state index in [-0.39, 0.29) is 0 Å². The average molecular weight is 195 g/mol. The van der Waals surface area contributed by atoms with Crippen LogP contribution in [0.3, 0.4) is 0 Å². The predicted octanol–water partition coefficient (Wildman–Crippen LogP) is 4.04. The molecule has 13 heavy (non-hydrogen) atoms. The number of hydrogen-bond acceptors (Lipinski definition) is 1. The number of hydrogen-bond donors (Lipinski definition) is 0. The van der Waals surface area contributed by atoms with E-state index in [1.165, 1.54) is 0 Å². The Labute approximate surface area is 82.3 Å². The Kier molecular flexibility index (Phi) is 2.28. The number of halogens is 1. The molecule has 2 aromatic rings. The zero-order valence-corrected chi connectivity index (χ0v) is 8.27. The summed E-state index contributed by atoms with van der Waals surface area (Å²) in [5.74, 6) is 1.02. The topological polar surface area (TPSA) is 13.1 Å². The van der Waals surface area contributed by atoms with Crippen LogP contribution in [0, 0.1) is 0 Å². The van der Waals surface area contributed by atoms with E-state index < -0.39 is 0 Å². The van der Waals surface area contributed by atoms with Gasteiger partial charge in [-0.05, 0) is 18.6 Å². The van der Waals surface area contributed by atoms with Crippen LogP contribution in [-0.4, -0.2) is 0 Å². The fraction of sp³-hybridized carbons (Fsp3) is 0.273. The normalized spacial score (nSPS) is 10.9. The molecule has 0 saturated carbocycles. The van der Waals surface area contributed by atoms with Gasteiger partial charge >= 0.3 is 0 Å². The van der Waals surface area contributed by atoms with E-state index in [0.717, 1.165) is 29.6 Å². The van der Waals surface area contributed by atoms with E-state index in [1.54, 1.807) is 0 Å². The zero-order chi connectivity index (χ0) is 9.26. The number of benzene rings is 1. The summed E-state index contributed by atoms with van der Waals surface area (Å²) in [6.07, 6.45) is 2.07. The highest BCUT2D eigenvalue weighted by atomic mass is 35.5. The second kappa shape index (κ2) is 3.43. The second-order valence-corrected chi connectivity index (χ2v) is 3.53. The third-order valence-corrected chi connectivity index (χ3v) is 2.34. The van der Waals surface area contributed by atoms with Crippen molar-refractivity contribution >= 4 is 22.6 Å². The highest BCUT2D eigenvalue weighted by Gasteiger charge is 2.05. The summed E-state index contributed by atoms with van der Waals surface area (Å²) < 4.78 is 5.61. The lowest BCUT2D eigenvalue weighted by atomic mass is 10.2. The molecule has 0 atom stereocenters. The van der Waals surface area contributed by atoms with Gasteiger partial charge in [0.25, 0.3) is 0 Å². The van der Waals surface area contributed by atoms with E-state index in [4.69, 9.17) is 16.0 Å². The summed E-state index contributed by atoms with van der Waals surface area (Å²) in [4.78, 5) is 0. The Morgan fingerprint density at radius 2 is 2.23 bits per heavy atom. The van der Waals surface area contributed by atoms with Crippen molar-refractivity contribution < 1.29 is 4.42 Å². The Morgan fingerprint density at radius 3 is 2.92 bits per heavy atom. The molecule has 2 heteroatoms. The van der Waals surface area contributed by atoms with Crippen molar-refractivity contribution in [3.8, 4) is 0 Å². The summed E-state index contributed by atoms with van der Waals surface area (Å²) >= 11 is 5.98. The Bertz CT molecular complexity index is 417. The molecule has 1 heterocycles. The molecular formula is C11H11ClO. The number of rotatable bonds is 2. The van der Waals surface area contributed by atoms with Crippen LogP contribution in [0.2, 0.25) is 5.02 Å². The highest BCUT2D eigenvalue weighted by Crippen LogP contribution is 2.26. The predicted molar refractivity (Wildman–Crippen MR) is 55.2 cm³/mol. The van der Waals surface area contributed by atoms with E-state index in [2.05, 4.69) is 13.0 Å². The minimum atomic E-state index is 0.694. The van der Waals surface area contributed by atoms with Crippen LogP contribution in [0.5, 0.6) is 0 Å². The minimum Gasteiger partial charge on any atom is -0.460 e. The van der Waals surface area contributed by atoms with Gasteiger partial charge in [-0.1, -0.05) is 30.7 Å². The number of para-hydroxylation sites is 1. The zero-order valence-electron chi connectivity index (χ0n) is 7.51. The van der Waals surface area contributed by atoms with Crippen molar-refractivity contribution in [3.05, 3.63) is 35.0 Å². The van der Waals surface area contributed by atoms with Gasteiger partial charge in [-0.3, -0.25) is 0 Å². The summed E-state index contributed by atoms with van der Waals surface area (Å²) in [6, 6.07) is 7.87. The maximum absolute atomic E-state index is 5.98. The molecule has 1 aromatic carbocycles. The van der Waals surface area contributed by atoms with Gasteiger partial charge in [0.1, 0.15) is 5.76 Å². The maximum atomic E-state index is 5.98. The van der Waals surface area contributed by atoms with Crippen molar-refractivity contribution in [1.82, 2.24) is 0 Å². The first-order valence-electron chi connectivity index (χ1n) is 4.48. The fourth-order valence-electron chi connectivity index (χ4n) is 1.45. The molecule has 0 aliphatic heterocycles. The summed E-state index contributed by atoms with van der Waals surface area (Å²) in [5.41, 5.74) is 0.813. The van der Waals surface area contributed by atoms with Gasteiger partial charge in [-0.2, -0.15) is 0 Å². The Hall–Kier alpha value is -0.950. The number of aryl methyl sites for hydroxylation is 1. The van der Waals surface area contributed by atoms with Crippen molar-refractivity contribution in [3.63, 3.8) is 0 Å². The Morgan fingerprint density at radius 1 is 1.38 bits per heavy atom. The third-order valence-electron chi connectivity index (χ3n) is 2.04. The van der Waals surface area contributed by atoms with Gasteiger partial charge in [-0.25, -0.2) is 0 Å². The number of fused-ring (bicyclic) bond motifs is 1. The van der Waals surface area contributed by atoms with Crippen LogP contribution < -0.4 is 0 Å². The molecule has 0 bridgehead atoms. The molecule has 0 N–H and O–H groups in total. The Balaban J connectivity index is 2.55. The molecule has 0 amide bonds. The van der Waals surface area contributed by atoms with E-state index in [0.29, 0.717) is 5.02 Å². The van der Waals surface area contributed by atoms with E-state index in [9.17, 15) is 0 Å². The van der Waals surface area contributed by atoms with Gasteiger partial charge in [0, 0.05) is 11.8 Å². The first kappa shape index (κ1) is 8.64. The van der Waals surface area contributed by atoms with Crippen LogP contribution in [-0.2, 0) is 6.42 Å². The first-order chi connectivity index (χ1) is 6.31. The van der Waals surface area contributed by atoms with Crippen molar-refractivity contribution in [1.29, 1.82) is 0 Å². The molecule has 1 nitrogen and oxygen atoms in total. The van der Waals surface area contributed by atoms with E-state index >= 15 is 0 Å². The van der Waals surface area contributed by atoms with Crippen LogP contribution in [0.1, 0.15) is 19.1 Å². The largest absolute Gasteiger partial charge is 0.460 e. The number of furan rings is 1. The summed E-state index contributed by atoms with van der Waals surface area (Å²) in [5, 5.41) is 1.79. The third kappa shape index (κ3) is 1.56. The van der Waals surface area contributed by atoms with Gasteiger partial charge < -0.3 is 4.42 Å². The summed E-state index contributed by atoms with van der Waals surface area (Å²) in [7, 11) is 0. The fourth-order valence-corrected chi connectivity index (χ4v) is 1.67. The molecule has 0 unspecified atom stereocenters. The monoisotopic (exact) mass is 194 g/mol. The lowest BCUT2D eigenvalue weighted by Crippen LogP contribution is -1.74. The molecule has 0 fully saturated rings. The molecule has 0 spiro atoms. The molecule has 2 rings (SSSR count). The van der Waals surface area contributed by atoms with Crippen molar-refractivity contribution in [2.24, 2.45) is 0 Å². The lowest BCUT2D eigenvalue weighted by molar-refractivity contribution is 0.545. The molecular weight excluding hydrogens is 184 g/mol. The van der Waals surface area contributed by atoms with Gasteiger partial charge in [-0.15, -0.1) is 0 Å². The second-order valence-electron chi connectivity index (χ2n) is 3.12. The standard InChI is InChI=1S/C11H11ClO/c1-2-4-9-7-8-5-3-6-10(12)11(8)13-9/h3,5-7H,2,4H2,1H3. The maximum Gasteiger partial charge on any atom is 0.152 e. The lowest BCUT2D eigenvalue weighted by Gasteiger charge is -1.90. The molecule has 0 aliphatic carbocycles. The van der Waals surface area contributed by atoms with Crippen LogP contribution >= 0.6 is 11.6 Å². The SMILES string of the molecule is CCCc1cc2cccc(Cl)c2o1. The highest BCUT2D eigenvalue weighted by molar-refractivity contribution is 6.34. The summed E-state index contributed by atoms with van der Waals surface area (Å²) in [6.45, 7) is 2.13. The van der Waals surface area contributed by atoms with Gasteiger partial charge in [0.05, 0.1) is 5.02 Å². The van der Waals surface area contributed by atoms with Gasteiger partial charge in [0.2, 0.25) is 0 Å². The van der Waals surface area contributed by atoms with E-state index in [1.807, 2.05) is 18.2 Å². The first-order valence-corrected chi connectivity index (χ1v) is 4.86. The average Bonchev–Trinajstić information content (AvgIpc) is 2.49. The quantitative estimate of drug-likeness (QED) is 0.703. The minimum absolute atomic E-state index is 0.694. The van der Waals surface area contributed by atoms with Crippen LogP contribution in [0.15, 0.2) is 28.7 Å². The van der Waals surface area contributed by atoms with Crippen molar-refractivity contribution in [2.75, 3.05) is 0 Å². The van der Waals surface area contributed by atoms with Crippen LogP contribution in [0.4, 0.5) is 0 Å². The smallest absolute Gasteiger partial charge is 0.152 e. The molecule has 0 saturated heterocycles. The van der Waals surface area contributed by atoms with Crippen molar-refractivity contribution in [2.45, 2.75) is 19.8 Å².